The predicted octanol–water partition coefficient (Wildman–Crippen LogP) is 0.444. The minimum absolute atomic E-state index is 1.93. The third-order valence-electron chi connectivity index (χ3n) is 0.566. The Labute approximate surface area is 67.5 Å². The third-order valence-corrected chi connectivity index (χ3v) is 0.566. The minimum atomic E-state index is -3.65. The Morgan fingerprint density at radius 3 is 3.00 bits per heavy atom. The summed E-state index contributed by atoms with van der Waals surface area (Å²) in [5.41, 5.74) is 4.98. The van der Waals surface area contributed by atoms with Gasteiger partial charge >= 0.3 is 5.97 Å². The first-order valence-electron chi connectivity index (χ1n) is 6.59. The summed E-state index contributed by atoms with van der Waals surface area (Å²) in [7, 11) is 0. The van der Waals surface area contributed by atoms with Crippen molar-refractivity contribution < 1.29 is 22.2 Å². The van der Waals surface area contributed by atoms with E-state index < -0.39 is 38.0 Å². The number of nitrogens with two attached hydrogens (primary N) is 1. The van der Waals surface area contributed by atoms with Crippen molar-refractivity contribution in [3.05, 3.63) is 0 Å². The second-order valence-electron chi connectivity index (χ2n) is 1.34. The normalized spacial score (nSPS) is 34.1. The maximum atomic E-state index is 10.6. The Morgan fingerprint density at radius 2 is 2.67 bits per heavy atom. The number of carbonyl (C=O) groups is 1. The average Bonchev–Trinajstić information content (AvgIpc) is 2.11. The molecule has 0 aromatic rings. The Morgan fingerprint density at radius 1 is 2.11 bits per heavy atom. The second kappa shape index (κ2) is 3.45. The van der Waals surface area contributed by atoms with E-state index in [1.54, 1.807) is 0 Å². The van der Waals surface area contributed by atoms with Gasteiger partial charge in [0.2, 0.25) is 0 Å². The summed E-state index contributed by atoms with van der Waals surface area (Å²) in [6, 6.07) is -2.45. The van der Waals surface area contributed by atoms with Gasteiger partial charge in [0.25, 0.3) is 0 Å². The quantitative estimate of drug-likeness (QED) is 0.598. The van der Waals surface area contributed by atoms with Crippen molar-refractivity contribution in [1.29, 1.82) is 0 Å². The lowest BCUT2D eigenvalue weighted by molar-refractivity contribution is -0.138. The van der Waals surface area contributed by atoms with E-state index in [1.165, 1.54) is 0 Å². The first-order chi connectivity index (χ1) is 7.60. The molecular weight excluding hydrogens is 118 g/mol. The molecular formula is C6H13NO2. The lowest BCUT2D eigenvalue weighted by Crippen LogP contribution is -2.31. The zero-order valence-corrected chi connectivity index (χ0v) is 4.51. The summed E-state index contributed by atoms with van der Waals surface area (Å²) in [4.78, 5) is 10.6. The smallest absolute Gasteiger partial charge is 0.320 e. The first-order valence-corrected chi connectivity index (χ1v) is 2.09. The molecule has 0 spiro atoms. The second-order valence-corrected chi connectivity index (χ2v) is 1.34. The van der Waals surface area contributed by atoms with Gasteiger partial charge in [-0.05, 0) is 12.3 Å². The summed E-state index contributed by atoms with van der Waals surface area (Å²) in [5, 5.41) is 8.60. The first kappa shape index (κ1) is 1.72. The van der Waals surface area contributed by atoms with Crippen LogP contribution in [0.4, 0.5) is 0 Å². The number of carboxylic acids is 1. The van der Waals surface area contributed by atoms with Gasteiger partial charge in [0.05, 0.1) is 0 Å². The van der Waals surface area contributed by atoms with Crippen LogP contribution in [0.25, 0.3) is 0 Å². The van der Waals surface area contributed by atoms with E-state index in [4.69, 9.17) is 23.2 Å². The molecule has 0 heterocycles. The van der Waals surface area contributed by atoms with Crippen LogP contribution in [-0.2, 0) is 4.79 Å². The summed E-state index contributed by atoms with van der Waals surface area (Å²) in [6.07, 6.45) is -3.48. The van der Waals surface area contributed by atoms with Crippen molar-refractivity contribution in [2.75, 3.05) is 0 Å². The Balaban J connectivity index is 6.00. The fraction of sp³-hybridized carbons (Fsp3) is 0.833. The molecule has 0 saturated heterocycles. The average molecular weight is 140 g/mol. The van der Waals surface area contributed by atoms with Crippen LogP contribution >= 0.6 is 0 Å². The Hall–Kier alpha value is -0.570. The lowest BCUT2D eigenvalue weighted by Gasteiger charge is -2.07. The Bertz CT molecular complexity index is 319. The van der Waals surface area contributed by atoms with Gasteiger partial charge in [0.15, 0.2) is 0 Å². The topological polar surface area (TPSA) is 63.3 Å². The van der Waals surface area contributed by atoms with Crippen LogP contribution < -0.4 is 5.73 Å². The third kappa shape index (κ3) is 3.97. The molecule has 0 aliphatic carbocycles. The summed E-state index contributed by atoms with van der Waals surface area (Å²) < 4.78 is 64.4. The van der Waals surface area contributed by atoms with E-state index in [2.05, 4.69) is 0 Å². The number of rotatable bonds is 3. The molecule has 0 aliphatic rings. The van der Waals surface area contributed by atoms with Crippen LogP contribution in [0.3, 0.4) is 0 Å². The monoisotopic (exact) mass is 140 g/mol. The van der Waals surface area contributed by atoms with E-state index in [0.29, 0.717) is 0 Å². The molecule has 3 nitrogen and oxygen atoms in total. The molecule has 0 aliphatic heterocycles. The molecule has 0 aromatic heterocycles. The molecule has 0 fully saturated rings. The van der Waals surface area contributed by atoms with Crippen molar-refractivity contribution in [2.24, 2.45) is 11.6 Å². The Kier molecular flexibility index (Phi) is 0.662. The molecule has 0 saturated carbocycles. The zero-order valence-electron chi connectivity index (χ0n) is 13.5. The van der Waals surface area contributed by atoms with Gasteiger partial charge in [-0.15, -0.1) is 0 Å². The largest absolute Gasteiger partial charge is 0.480 e. The zero-order chi connectivity index (χ0) is 15.2. The van der Waals surface area contributed by atoms with Crippen LogP contribution in [0.2, 0.25) is 0 Å². The van der Waals surface area contributed by atoms with E-state index in [0.717, 1.165) is 0 Å². The van der Waals surface area contributed by atoms with Gasteiger partial charge in [0, 0.05) is 12.3 Å². The van der Waals surface area contributed by atoms with Gasteiger partial charge in [0.1, 0.15) is 6.04 Å². The maximum Gasteiger partial charge on any atom is 0.320 e. The van der Waals surface area contributed by atoms with Gasteiger partial charge < -0.3 is 10.8 Å². The lowest BCUT2D eigenvalue weighted by atomic mass is 10.1. The molecule has 0 bridgehead atoms. The van der Waals surface area contributed by atoms with Crippen LogP contribution in [0.1, 0.15) is 32.4 Å². The van der Waals surface area contributed by atoms with Crippen LogP contribution in [0.15, 0.2) is 0 Å². The molecule has 9 heavy (non-hydrogen) atoms. The molecule has 3 N–H and O–H groups in total. The predicted molar refractivity (Wildman–Crippen MR) is 35.1 cm³/mol. The molecule has 0 amide bonds. The van der Waals surface area contributed by atoms with E-state index in [1.807, 2.05) is 0 Å². The summed E-state index contributed by atoms with van der Waals surface area (Å²) in [5.74, 6) is -5.57. The van der Waals surface area contributed by atoms with Crippen LogP contribution in [0.5, 0.6) is 0 Å². The van der Waals surface area contributed by atoms with Crippen LogP contribution in [-0.4, -0.2) is 17.1 Å². The highest BCUT2D eigenvalue weighted by molar-refractivity contribution is 5.72. The van der Waals surface area contributed by atoms with Crippen molar-refractivity contribution in [2.45, 2.75) is 26.1 Å². The van der Waals surface area contributed by atoms with Crippen LogP contribution in [0, 0.1) is 5.89 Å². The molecule has 0 rings (SSSR count). The van der Waals surface area contributed by atoms with Gasteiger partial charge in [-0.3, -0.25) is 4.79 Å². The number of hydrogen-bond acceptors (Lipinski definition) is 2. The summed E-state index contributed by atoms with van der Waals surface area (Å²) >= 11 is 0. The maximum absolute atomic E-state index is 10.6. The van der Waals surface area contributed by atoms with Crippen molar-refractivity contribution in [1.82, 2.24) is 0 Å². The van der Waals surface area contributed by atoms with E-state index >= 15 is 0 Å². The standard InChI is InChI=1S/C6H13NO2/c1-4(2)3-5(7)6(8)9/h4-5H,3,7H2,1-2H3,(H,8,9)/t5-/m0/s1/i1D3,2D3,3D2,4D. The highest BCUT2D eigenvalue weighted by Crippen LogP contribution is 2.01. The van der Waals surface area contributed by atoms with Gasteiger partial charge in [-0.2, -0.15) is 0 Å². The van der Waals surface area contributed by atoms with Crippen molar-refractivity contribution in [3.8, 4) is 0 Å². The van der Waals surface area contributed by atoms with Crippen molar-refractivity contribution >= 4 is 5.97 Å². The van der Waals surface area contributed by atoms with Gasteiger partial charge in [-0.1, -0.05) is 13.7 Å². The molecule has 0 radical (unpaired) electrons. The van der Waals surface area contributed by atoms with Crippen molar-refractivity contribution in [3.63, 3.8) is 0 Å². The number of aliphatic carboxylic acids is 1. The summed E-state index contributed by atoms with van der Waals surface area (Å²) in [6.45, 7) is -7.15. The highest BCUT2D eigenvalue weighted by atomic mass is 16.4. The minimum Gasteiger partial charge on any atom is -0.480 e. The molecule has 54 valence electrons. The fourth-order valence-corrected chi connectivity index (χ4v) is 0.217. The highest BCUT2D eigenvalue weighted by Gasteiger charge is 2.11. The number of hydrogen-bond donors (Lipinski definition) is 2. The molecule has 1 atom stereocenters. The van der Waals surface area contributed by atoms with E-state index in [9.17, 15) is 4.79 Å². The fourth-order valence-electron chi connectivity index (χ4n) is 0.217. The SMILES string of the molecule is [2H]C([2H])([2H])C([2H])(C([2H])([2H])[2H])C([2H])([2H])[C@H](N)C(=O)O. The number of carboxylic acid groups (broad SMARTS) is 1. The van der Waals surface area contributed by atoms with Gasteiger partial charge in [-0.25, -0.2) is 0 Å². The molecule has 3 heteroatoms. The van der Waals surface area contributed by atoms with E-state index in [-0.39, 0.29) is 0 Å². The molecule has 0 aromatic carbocycles. The molecule has 0 unspecified atom stereocenters.